The van der Waals surface area contributed by atoms with E-state index in [1.807, 2.05) is 0 Å². The van der Waals surface area contributed by atoms with Crippen molar-refractivity contribution in [2.24, 2.45) is 0 Å². The van der Waals surface area contributed by atoms with Crippen LogP contribution in [-0.2, 0) is 11.2 Å². The lowest BCUT2D eigenvalue weighted by atomic mass is 10.1. The van der Waals surface area contributed by atoms with Gasteiger partial charge in [-0.1, -0.05) is 58.3 Å². The second kappa shape index (κ2) is 10.3. The molecule has 0 atom stereocenters. The number of halogens is 3. The first-order valence-electron chi connectivity index (χ1n) is 8.09. The highest BCUT2D eigenvalue weighted by Crippen LogP contribution is 2.29. The number of nitrogens with two attached hydrogens (primary N) is 1. The zero-order chi connectivity index (χ0) is 21.6. The van der Waals surface area contributed by atoms with Crippen LogP contribution >= 0.6 is 46.2 Å². The molecule has 0 aliphatic rings. The van der Waals surface area contributed by atoms with Gasteiger partial charge in [0.25, 0.3) is 0 Å². The Kier molecular flexibility index (Phi) is 7.74. The quantitative estimate of drug-likeness (QED) is 0.259. The lowest BCUT2D eigenvalue weighted by molar-refractivity contribution is -0.274. The standard InChI is InChI=1S/C15H13F3N6O2S4/c16-15(17,18)26-9-3-1-2-8(6-9)7-10(25)20-12-22-24-14(30-12)28-5-4-27-13-23-21-11(19)29-13/h1-3,6H,4-5,7H2,(H2,19,21)(H,20,22,25). The highest BCUT2D eigenvalue weighted by Gasteiger charge is 2.31. The molecular weight excluding hydrogens is 481 g/mol. The molecule has 0 bridgehead atoms. The molecule has 160 valence electrons. The Morgan fingerprint density at radius 3 is 2.47 bits per heavy atom. The second-order valence-electron chi connectivity index (χ2n) is 5.40. The van der Waals surface area contributed by atoms with Crippen molar-refractivity contribution in [1.29, 1.82) is 0 Å². The minimum atomic E-state index is -4.79. The van der Waals surface area contributed by atoms with Crippen LogP contribution in [0.4, 0.5) is 23.4 Å². The van der Waals surface area contributed by atoms with Gasteiger partial charge in [-0.25, -0.2) is 0 Å². The van der Waals surface area contributed by atoms with Crippen LogP contribution in [0.15, 0.2) is 32.9 Å². The van der Waals surface area contributed by atoms with E-state index in [0.717, 1.165) is 21.9 Å². The summed E-state index contributed by atoms with van der Waals surface area (Å²) in [6.45, 7) is 0. The summed E-state index contributed by atoms with van der Waals surface area (Å²) in [4.78, 5) is 12.1. The number of nitrogens with one attached hydrogen (secondary N) is 1. The molecule has 2 aromatic heterocycles. The van der Waals surface area contributed by atoms with Crippen LogP contribution < -0.4 is 15.8 Å². The molecule has 3 rings (SSSR count). The molecule has 0 saturated carbocycles. The van der Waals surface area contributed by atoms with Crippen molar-refractivity contribution >= 4 is 62.4 Å². The molecule has 0 radical (unpaired) electrons. The summed E-state index contributed by atoms with van der Waals surface area (Å²) in [5.74, 6) is 0.725. The number of hydrogen-bond donors (Lipinski definition) is 2. The van der Waals surface area contributed by atoms with Gasteiger partial charge in [-0.3, -0.25) is 4.79 Å². The highest BCUT2D eigenvalue weighted by atomic mass is 32.2. The number of nitrogen functional groups attached to an aromatic ring is 1. The SMILES string of the molecule is Nc1nnc(SCCSc2nnc(NC(=O)Cc3cccc(OC(F)(F)F)c3)s2)s1. The first-order valence-corrected chi connectivity index (χ1v) is 11.7. The first kappa shape index (κ1) is 22.6. The smallest absolute Gasteiger partial charge is 0.406 e. The number of ether oxygens (including phenoxy) is 1. The summed E-state index contributed by atoms with van der Waals surface area (Å²) in [5, 5.41) is 18.9. The van der Waals surface area contributed by atoms with Crippen molar-refractivity contribution < 1.29 is 22.7 Å². The minimum absolute atomic E-state index is 0.126. The molecule has 3 N–H and O–H groups in total. The molecule has 0 aliphatic heterocycles. The molecule has 1 amide bonds. The Balaban J connectivity index is 1.43. The van der Waals surface area contributed by atoms with E-state index >= 15 is 0 Å². The van der Waals surface area contributed by atoms with Crippen LogP contribution in [0.1, 0.15) is 5.56 Å². The van der Waals surface area contributed by atoms with Gasteiger partial charge in [0.2, 0.25) is 16.2 Å². The van der Waals surface area contributed by atoms with Crippen LogP contribution in [0.5, 0.6) is 5.75 Å². The van der Waals surface area contributed by atoms with Gasteiger partial charge in [0.15, 0.2) is 8.68 Å². The monoisotopic (exact) mass is 494 g/mol. The summed E-state index contributed by atoms with van der Waals surface area (Å²) in [6.07, 6.45) is -4.91. The molecule has 0 saturated heterocycles. The number of carbonyl (C=O) groups is 1. The Morgan fingerprint density at radius 1 is 1.10 bits per heavy atom. The van der Waals surface area contributed by atoms with Gasteiger partial charge >= 0.3 is 6.36 Å². The van der Waals surface area contributed by atoms with Gasteiger partial charge in [-0.2, -0.15) is 0 Å². The fourth-order valence-electron chi connectivity index (χ4n) is 2.06. The Labute approximate surface area is 184 Å². The maximum atomic E-state index is 12.3. The number of nitrogens with zero attached hydrogens (tertiary/aromatic N) is 4. The van der Waals surface area contributed by atoms with Crippen molar-refractivity contribution in [3.8, 4) is 5.75 Å². The molecule has 2 heterocycles. The first-order chi connectivity index (χ1) is 14.3. The third kappa shape index (κ3) is 7.62. The van der Waals surface area contributed by atoms with E-state index in [2.05, 4.69) is 30.4 Å². The largest absolute Gasteiger partial charge is 0.573 e. The minimum Gasteiger partial charge on any atom is -0.406 e. The van der Waals surface area contributed by atoms with E-state index < -0.39 is 12.3 Å². The predicted molar refractivity (Wildman–Crippen MR) is 111 cm³/mol. The van der Waals surface area contributed by atoms with Gasteiger partial charge in [0.05, 0.1) is 6.42 Å². The fraction of sp³-hybridized carbons (Fsp3) is 0.267. The number of rotatable bonds is 9. The number of amides is 1. The van der Waals surface area contributed by atoms with Crippen LogP contribution in [0.25, 0.3) is 0 Å². The molecule has 15 heteroatoms. The third-order valence-corrected chi connectivity index (χ3v) is 7.23. The van der Waals surface area contributed by atoms with Gasteiger partial charge < -0.3 is 15.8 Å². The Bertz CT molecular complexity index is 997. The molecule has 0 aliphatic carbocycles. The maximum Gasteiger partial charge on any atom is 0.573 e. The molecule has 0 unspecified atom stereocenters. The van der Waals surface area contributed by atoms with E-state index in [9.17, 15) is 18.0 Å². The zero-order valence-corrected chi connectivity index (χ0v) is 18.1. The molecule has 1 aromatic carbocycles. The van der Waals surface area contributed by atoms with E-state index in [1.54, 1.807) is 0 Å². The Hall–Kier alpha value is -2.10. The zero-order valence-electron chi connectivity index (χ0n) is 14.9. The van der Waals surface area contributed by atoms with Crippen LogP contribution in [0.3, 0.4) is 0 Å². The number of aromatic nitrogens is 4. The lowest BCUT2D eigenvalue weighted by Gasteiger charge is -2.09. The average molecular weight is 495 g/mol. The molecule has 3 aromatic rings. The summed E-state index contributed by atoms with van der Waals surface area (Å²) in [5.41, 5.74) is 5.90. The Morgan fingerprint density at radius 2 is 1.80 bits per heavy atom. The molecule has 0 spiro atoms. The van der Waals surface area contributed by atoms with Crippen molar-refractivity contribution in [2.45, 2.75) is 21.5 Å². The summed E-state index contributed by atoms with van der Waals surface area (Å²) in [7, 11) is 0. The van der Waals surface area contributed by atoms with E-state index in [-0.39, 0.29) is 12.2 Å². The molecule has 30 heavy (non-hydrogen) atoms. The van der Waals surface area contributed by atoms with Crippen molar-refractivity contribution in [2.75, 3.05) is 22.6 Å². The van der Waals surface area contributed by atoms with Crippen molar-refractivity contribution in [1.82, 2.24) is 20.4 Å². The van der Waals surface area contributed by atoms with E-state index in [4.69, 9.17) is 5.73 Å². The summed E-state index contributed by atoms with van der Waals surface area (Å²) < 4.78 is 42.2. The van der Waals surface area contributed by atoms with Gasteiger partial charge in [-0.15, -0.1) is 33.6 Å². The summed E-state index contributed by atoms with van der Waals surface area (Å²) in [6, 6.07) is 5.25. The maximum absolute atomic E-state index is 12.3. The van der Waals surface area contributed by atoms with Crippen LogP contribution in [0, 0.1) is 0 Å². The predicted octanol–water partition coefficient (Wildman–Crippen LogP) is 3.94. The van der Waals surface area contributed by atoms with E-state index in [0.29, 0.717) is 20.2 Å². The van der Waals surface area contributed by atoms with E-state index in [1.165, 1.54) is 64.4 Å². The number of alkyl halides is 3. The second-order valence-corrected chi connectivity index (χ2v) is 10.1. The van der Waals surface area contributed by atoms with Crippen LogP contribution in [0.2, 0.25) is 0 Å². The average Bonchev–Trinajstić information content (AvgIpc) is 3.26. The fourth-order valence-corrected chi connectivity index (χ4v) is 5.57. The molecule has 0 fully saturated rings. The van der Waals surface area contributed by atoms with Crippen molar-refractivity contribution in [3.63, 3.8) is 0 Å². The number of benzene rings is 1. The normalized spacial score (nSPS) is 11.4. The van der Waals surface area contributed by atoms with Gasteiger partial charge in [-0.05, 0) is 17.7 Å². The number of anilines is 2. The van der Waals surface area contributed by atoms with Crippen molar-refractivity contribution in [3.05, 3.63) is 29.8 Å². The van der Waals surface area contributed by atoms with Crippen LogP contribution in [-0.4, -0.2) is 44.2 Å². The number of thioether (sulfide) groups is 2. The highest BCUT2D eigenvalue weighted by molar-refractivity contribution is 8.04. The number of carbonyl (C=O) groups excluding carboxylic acids is 1. The number of hydrogen-bond acceptors (Lipinski definition) is 11. The molecule has 8 nitrogen and oxygen atoms in total. The van der Waals surface area contributed by atoms with Gasteiger partial charge in [0, 0.05) is 11.5 Å². The van der Waals surface area contributed by atoms with Gasteiger partial charge in [0.1, 0.15) is 5.75 Å². The molecular formula is C15H13F3N6O2S4. The third-order valence-electron chi connectivity index (χ3n) is 3.11. The topological polar surface area (TPSA) is 116 Å². The lowest BCUT2D eigenvalue weighted by Crippen LogP contribution is -2.17. The summed E-state index contributed by atoms with van der Waals surface area (Å²) >= 11 is 5.55.